The lowest BCUT2D eigenvalue weighted by Gasteiger charge is -2.07. The van der Waals surface area contributed by atoms with Crippen LogP contribution in [-0.2, 0) is 20.2 Å². The van der Waals surface area contributed by atoms with Crippen LogP contribution in [0.5, 0.6) is 0 Å². The zero-order chi connectivity index (χ0) is 11.4. The van der Waals surface area contributed by atoms with Crippen molar-refractivity contribution in [1.82, 2.24) is 9.78 Å². The lowest BCUT2D eigenvalue weighted by molar-refractivity contribution is 0.282. The minimum atomic E-state index is 0.0707. The maximum Gasteiger partial charge on any atom is 0.0682 e. The molecule has 2 aromatic rings. The molecule has 84 valence electrons. The molecule has 16 heavy (non-hydrogen) atoms. The smallest absolute Gasteiger partial charge is 0.0682 e. The van der Waals surface area contributed by atoms with Crippen LogP contribution >= 0.6 is 0 Å². The summed E-state index contributed by atoms with van der Waals surface area (Å²) in [5, 5.41) is 16.4. The first-order valence-electron chi connectivity index (χ1n) is 5.20. The van der Waals surface area contributed by atoms with Gasteiger partial charge in [-0.25, -0.2) is 0 Å². The van der Waals surface area contributed by atoms with E-state index in [2.05, 4.69) is 10.4 Å². The van der Waals surface area contributed by atoms with Crippen molar-refractivity contribution in [1.29, 1.82) is 0 Å². The molecule has 2 rings (SSSR count). The number of aliphatic hydroxyl groups is 1. The van der Waals surface area contributed by atoms with Gasteiger partial charge < -0.3 is 10.4 Å². The quantitative estimate of drug-likeness (QED) is 0.816. The second-order valence-electron chi connectivity index (χ2n) is 3.66. The molecule has 1 heterocycles. The maximum atomic E-state index is 9.02. The summed E-state index contributed by atoms with van der Waals surface area (Å²) in [6.07, 6.45) is 1.78. The summed E-state index contributed by atoms with van der Waals surface area (Å²) in [4.78, 5) is 0. The molecule has 1 aromatic carbocycles. The second kappa shape index (κ2) is 4.81. The Morgan fingerprint density at radius 1 is 1.38 bits per heavy atom. The minimum Gasteiger partial charge on any atom is -0.392 e. The Hall–Kier alpha value is -1.81. The van der Waals surface area contributed by atoms with Crippen molar-refractivity contribution in [3.63, 3.8) is 0 Å². The monoisotopic (exact) mass is 217 g/mol. The van der Waals surface area contributed by atoms with Crippen molar-refractivity contribution < 1.29 is 5.11 Å². The van der Waals surface area contributed by atoms with Gasteiger partial charge in [0.1, 0.15) is 0 Å². The molecule has 2 N–H and O–H groups in total. The Labute approximate surface area is 94.5 Å². The van der Waals surface area contributed by atoms with E-state index in [1.54, 1.807) is 6.20 Å². The highest BCUT2D eigenvalue weighted by Gasteiger charge is 1.98. The van der Waals surface area contributed by atoms with E-state index in [0.29, 0.717) is 0 Å². The minimum absolute atomic E-state index is 0.0707. The van der Waals surface area contributed by atoms with Gasteiger partial charge in [0, 0.05) is 18.9 Å². The van der Waals surface area contributed by atoms with Gasteiger partial charge in [-0.3, -0.25) is 4.68 Å². The number of anilines is 1. The van der Waals surface area contributed by atoms with Gasteiger partial charge in [0.25, 0.3) is 0 Å². The third-order valence-corrected chi connectivity index (χ3v) is 2.51. The highest BCUT2D eigenvalue weighted by molar-refractivity contribution is 5.45. The van der Waals surface area contributed by atoms with E-state index in [1.165, 1.54) is 0 Å². The third-order valence-electron chi connectivity index (χ3n) is 2.51. The van der Waals surface area contributed by atoms with Crippen LogP contribution in [0, 0.1) is 0 Å². The first kappa shape index (κ1) is 10.7. The van der Waals surface area contributed by atoms with Gasteiger partial charge in [0.05, 0.1) is 18.8 Å². The summed E-state index contributed by atoms with van der Waals surface area (Å²) in [7, 11) is 1.92. The predicted molar refractivity (Wildman–Crippen MR) is 62.9 cm³/mol. The molecule has 4 heteroatoms. The van der Waals surface area contributed by atoms with E-state index in [-0.39, 0.29) is 6.61 Å². The van der Waals surface area contributed by atoms with E-state index in [9.17, 15) is 0 Å². The first-order valence-corrected chi connectivity index (χ1v) is 5.20. The molecule has 0 aliphatic rings. The fourth-order valence-electron chi connectivity index (χ4n) is 1.55. The van der Waals surface area contributed by atoms with Crippen molar-refractivity contribution in [2.45, 2.75) is 13.2 Å². The number of hydrogen-bond donors (Lipinski definition) is 2. The average molecular weight is 217 g/mol. The summed E-state index contributed by atoms with van der Waals surface area (Å²) in [6.45, 7) is 0.798. The van der Waals surface area contributed by atoms with Gasteiger partial charge in [-0.2, -0.15) is 5.10 Å². The van der Waals surface area contributed by atoms with E-state index < -0.39 is 0 Å². The van der Waals surface area contributed by atoms with Crippen LogP contribution in [-0.4, -0.2) is 14.9 Å². The SMILES string of the molecule is Cn1nccc1CNc1cccc(CO)c1. The van der Waals surface area contributed by atoms with Gasteiger partial charge >= 0.3 is 0 Å². The molecule has 0 fully saturated rings. The Morgan fingerprint density at radius 3 is 2.94 bits per heavy atom. The van der Waals surface area contributed by atoms with Crippen molar-refractivity contribution in [3.8, 4) is 0 Å². The Bertz CT molecular complexity index is 465. The van der Waals surface area contributed by atoms with Crippen LogP contribution in [0.15, 0.2) is 36.5 Å². The molecule has 0 aliphatic heterocycles. The predicted octanol–water partition coefficient (Wildman–Crippen LogP) is 1.52. The molecule has 0 amide bonds. The summed E-state index contributed by atoms with van der Waals surface area (Å²) in [5.41, 5.74) is 3.04. The van der Waals surface area contributed by atoms with Gasteiger partial charge in [-0.15, -0.1) is 0 Å². The number of aromatic nitrogens is 2. The summed E-state index contributed by atoms with van der Waals surface area (Å²) < 4.78 is 1.84. The van der Waals surface area contributed by atoms with Gasteiger partial charge in [-0.05, 0) is 23.8 Å². The van der Waals surface area contributed by atoms with Crippen LogP contribution in [0.25, 0.3) is 0 Å². The zero-order valence-electron chi connectivity index (χ0n) is 9.22. The molecular weight excluding hydrogens is 202 g/mol. The fourth-order valence-corrected chi connectivity index (χ4v) is 1.55. The molecule has 0 aliphatic carbocycles. The van der Waals surface area contributed by atoms with Crippen LogP contribution in [0.2, 0.25) is 0 Å². The third kappa shape index (κ3) is 2.41. The topological polar surface area (TPSA) is 50.1 Å². The molecule has 0 saturated heterocycles. The number of nitrogens with zero attached hydrogens (tertiary/aromatic N) is 2. The van der Waals surface area contributed by atoms with Crippen molar-refractivity contribution in [2.24, 2.45) is 7.05 Å². The van der Waals surface area contributed by atoms with E-state index in [1.807, 2.05) is 42.1 Å². The summed E-state index contributed by atoms with van der Waals surface area (Å²) in [5.74, 6) is 0. The Kier molecular flexibility index (Phi) is 3.22. The number of aliphatic hydroxyl groups excluding tert-OH is 1. The molecule has 0 unspecified atom stereocenters. The van der Waals surface area contributed by atoms with Gasteiger partial charge in [0.2, 0.25) is 0 Å². The summed E-state index contributed by atoms with van der Waals surface area (Å²) in [6, 6.07) is 9.72. The maximum absolute atomic E-state index is 9.02. The van der Waals surface area contributed by atoms with Crippen LogP contribution in [0.4, 0.5) is 5.69 Å². The Morgan fingerprint density at radius 2 is 2.25 bits per heavy atom. The normalized spacial score (nSPS) is 10.4. The van der Waals surface area contributed by atoms with Crippen LogP contribution in [0.3, 0.4) is 0 Å². The number of benzene rings is 1. The van der Waals surface area contributed by atoms with Crippen LogP contribution < -0.4 is 5.32 Å². The van der Waals surface area contributed by atoms with Crippen LogP contribution in [0.1, 0.15) is 11.3 Å². The summed E-state index contributed by atoms with van der Waals surface area (Å²) >= 11 is 0. The number of rotatable bonds is 4. The number of aryl methyl sites for hydroxylation is 1. The van der Waals surface area contributed by atoms with Crippen molar-refractivity contribution >= 4 is 5.69 Å². The van der Waals surface area contributed by atoms with Gasteiger partial charge in [0.15, 0.2) is 0 Å². The molecule has 0 atom stereocenters. The molecule has 0 bridgehead atoms. The largest absolute Gasteiger partial charge is 0.392 e. The molecule has 0 saturated carbocycles. The standard InChI is InChI=1S/C12H15N3O/c1-15-12(5-6-14-15)8-13-11-4-2-3-10(7-11)9-16/h2-7,13,16H,8-9H2,1H3. The first-order chi connectivity index (χ1) is 7.79. The highest BCUT2D eigenvalue weighted by atomic mass is 16.3. The van der Waals surface area contributed by atoms with E-state index in [4.69, 9.17) is 5.11 Å². The zero-order valence-corrected chi connectivity index (χ0v) is 9.22. The average Bonchev–Trinajstić information content (AvgIpc) is 2.72. The molecule has 0 radical (unpaired) electrons. The van der Waals surface area contributed by atoms with Crippen molar-refractivity contribution in [2.75, 3.05) is 5.32 Å². The molecule has 4 nitrogen and oxygen atoms in total. The van der Waals surface area contributed by atoms with E-state index >= 15 is 0 Å². The molecule has 0 spiro atoms. The second-order valence-corrected chi connectivity index (χ2v) is 3.66. The number of nitrogens with one attached hydrogen (secondary N) is 1. The lowest BCUT2D eigenvalue weighted by atomic mass is 10.2. The van der Waals surface area contributed by atoms with E-state index in [0.717, 1.165) is 23.5 Å². The molecular formula is C12H15N3O. The fraction of sp³-hybridized carbons (Fsp3) is 0.250. The molecule has 1 aromatic heterocycles. The lowest BCUT2D eigenvalue weighted by Crippen LogP contribution is -2.05. The van der Waals surface area contributed by atoms with Gasteiger partial charge in [-0.1, -0.05) is 12.1 Å². The number of hydrogen-bond acceptors (Lipinski definition) is 3. The highest BCUT2D eigenvalue weighted by Crippen LogP contribution is 2.11. The van der Waals surface area contributed by atoms with Crippen molar-refractivity contribution in [3.05, 3.63) is 47.8 Å². The Balaban J connectivity index is 2.02.